The third-order valence-electron chi connectivity index (χ3n) is 6.39. The molecule has 7 nitrogen and oxygen atoms in total. The van der Waals surface area contributed by atoms with E-state index in [1.807, 2.05) is 0 Å². The summed E-state index contributed by atoms with van der Waals surface area (Å²) in [5, 5.41) is 2.19. The number of halogens is 7. The highest BCUT2D eigenvalue weighted by Gasteiger charge is 2.41. The molecule has 1 heterocycles. The summed E-state index contributed by atoms with van der Waals surface area (Å²) in [5.41, 5.74) is 6.18. The van der Waals surface area contributed by atoms with Gasteiger partial charge in [-0.1, -0.05) is 30.3 Å². The molecule has 0 aliphatic carbocycles. The van der Waals surface area contributed by atoms with Gasteiger partial charge in [0, 0.05) is 42.9 Å². The van der Waals surface area contributed by atoms with Gasteiger partial charge in [-0.25, -0.2) is 9.38 Å². The van der Waals surface area contributed by atoms with E-state index in [9.17, 15) is 45.1 Å². The molecule has 40 heavy (non-hydrogen) atoms. The van der Waals surface area contributed by atoms with Crippen LogP contribution < -0.4 is 16.0 Å². The largest absolute Gasteiger partial charge is 0.389 e. The Hall–Kier alpha value is -3.97. The maximum atomic E-state index is 14.1. The van der Waals surface area contributed by atoms with E-state index in [0.29, 0.717) is 11.1 Å². The summed E-state index contributed by atoms with van der Waals surface area (Å²) in [7, 11) is 1.26. The smallest absolute Gasteiger partial charge is 0.369 e. The van der Waals surface area contributed by atoms with Crippen LogP contribution in [0, 0.1) is 17.7 Å². The highest BCUT2D eigenvalue weighted by Crippen LogP contribution is 2.33. The quantitative estimate of drug-likeness (QED) is 0.432. The maximum Gasteiger partial charge on any atom is 0.389 e. The zero-order valence-electron chi connectivity index (χ0n) is 21.0. The number of hydrogen-bond donors (Lipinski definition) is 2. The van der Waals surface area contributed by atoms with Crippen molar-refractivity contribution < 1.29 is 45.1 Å². The zero-order valence-corrected chi connectivity index (χ0v) is 21.0. The van der Waals surface area contributed by atoms with Gasteiger partial charge in [-0.3, -0.25) is 14.4 Å². The van der Waals surface area contributed by atoms with Crippen molar-refractivity contribution in [3.8, 4) is 0 Å². The average Bonchev–Trinajstić information content (AvgIpc) is 2.95. The second-order valence-corrected chi connectivity index (χ2v) is 9.24. The van der Waals surface area contributed by atoms with Crippen molar-refractivity contribution in [3.63, 3.8) is 0 Å². The van der Waals surface area contributed by atoms with Crippen LogP contribution in [0.15, 0.2) is 53.5 Å². The number of benzodiazepines with no additional fused rings is 1. The summed E-state index contributed by atoms with van der Waals surface area (Å²) in [6.45, 7) is 0. The van der Waals surface area contributed by atoms with Crippen molar-refractivity contribution in [1.82, 2.24) is 5.32 Å². The van der Waals surface area contributed by atoms with Gasteiger partial charge in [0.2, 0.25) is 18.0 Å². The minimum absolute atomic E-state index is 0.0816. The fourth-order valence-corrected chi connectivity index (χ4v) is 4.40. The predicted octanol–water partition coefficient (Wildman–Crippen LogP) is 4.48. The van der Waals surface area contributed by atoms with Crippen molar-refractivity contribution in [2.75, 3.05) is 11.9 Å². The van der Waals surface area contributed by atoms with E-state index in [1.165, 1.54) is 13.1 Å². The van der Waals surface area contributed by atoms with E-state index in [0.717, 1.165) is 17.0 Å². The van der Waals surface area contributed by atoms with Crippen molar-refractivity contribution in [1.29, 1.82) is 0 Å². The highest BCUT2D eigenvalue weighted by atomic mass is 19.4. The summed E-state index contributed by atoms with van der Waals surface area (Å²) in [5.74, 6) is -8.16. The summed E-state index contributed by atoms with van der Waals surface area (Å²) in [4.78, 5) is 43.9. The SMILES string of the molecule is CN1C(=O)[C@@H](NC(=O)C(CCC(F)(F)F)C(CCC(F)(F)F)C(N)=O)N=C(c2ccccc2)c2ccc(F)cc21. The average molecular weight is 574 g/mol. The summed E-state index contributed by atoms with van der Waals surface area (Å²) in [6, 6.07) is 11.8. The van der Waals surface area contributed by atoms with Crippen LogP contribution in [-0.4, -0.2) is 49.0 Å². The number of hydrogen-bond acceptors (Lipinski definition) is 4. The predicted molar refractivity (Wildman–Crippen MR) is 131 cm³/mol. The van der Waals surface area contributed by atoms with Crippen LogP contribution in [0.1, 0.15) is 36.8 Å². The van der Waals surface area contributed by atoms with E-state index in [2.05, 4.69) is 10.3 Å². The van der Waals surface area contributed by atoms with Crippen molar-refractivity contribution in [2.45, 2.75) is 44.2 Å². The number of nitrogens with zero attached hydrogens (tertiary/aromatic N) is 2. The first-order valence-electron chi connectivity index (χ1n) is 12.0. The molecule has 0 saturated heterocycles. The lowest BCUT2D eigenvalue weighted by molar-refractivity contribution is -0.152. The normalized spacial score (nSPS) is 17.4. The summed E-state index contributed by atoms with van der Waals surface area (Å²) >= 11 is 0. The second-order valence-electron chi connectivity index (χ2n) is 9.24. The number of rotatable bonds is 9. The van der Waals surface area contributed by atoms with Crippen molar-refractivity contribution >= 4 is 29.1 Å². The molecule has 1 aliphatic rings. The van der Waals surface area contributed by atoms with E-state index in [4.69, 9.17) is 5.73 Å². The number of carbonyl (C=O) groups is 3. The molecular formula is C26H25F7N4O3. The van der Waals surface area contributed by atoms with Gasteiger partial charge in [0.1, 0.15) is 5.82 Å². The molecule has 2 aromatic carbocycles. The highest BCUT2D eigenvalue weighted by molar-refractivity contribution is 6.20. The Morgan fingerprint density at radius 1 is 0.975 bits per heavy atom. The molecule has 3 rings (SSSR count). The molecule has 0 spiro atoms. The maximum absolute atomic E-state index is 14.1. The summed E-state index contributed by atoms with van der Waals surface area (Å²) in [6.07, 6.45) is -16.6. The van der Waals surface area contributed by atoms with E-state index < -0.39 is 79.6 Å². The van der Waals surface area contributed by atoms with Crippen LogP contribution in [0.3, 0.4) is 0 Å². The van der Waals surface area contributed by atoms with E-state index in [1.54, 1.807) is 30.3 Å². The minimum Gasteiger partial charge on any atom is -0.369 e. The number of nitrogens with one attached hydrogen (secondary N) is 1. The lowest BCUT2D eigenvalue weighted by Gasteiger charge is -2.27. The molecule has 2 aromatic rings. The molecule has 0 saturated carbocycles. The molecule has 216 valence electrons. The van der Waals surface area contributed by atoms with Crippen molar-refractivity contribution in [3.05, 3.63) is 65.5 Å². The van der Waals surface area contributed by atoms with Gasteiger partial charge >= 0.3 is 12.4 Å². The third-order valence-corrected chi connectivity index (χ3v) is 6.39. The van der Waals surface area contributed by atoms with Gasteiger partial charge in [-0.15, -0.1) is 0 Å². The van der Waals surface area contributed by atoms with Gasteiger partial charge in [0.25, 0.3) is 5.91 Å². The van der Waals surface area contributed by atoms with Gasteiger partial charge in [-0.2, -0.15) is 26.3 Å². The van der Waals surface area contributed by atoms with Crippen LogP contribution in [0.5, 0.6) is 0 Å². The number of carbonyl (C=O) groups excluding carboxylic acids is 3. The molecule has 2 unspecified atom stereocenters. The lowest BCUT2D eigenvalue weighted by atomic mass is 9.83. The molecular weight excluding hydrogens is 549 g/mol. The Morgan fingerprint density at radius 2 is 1.55 bits per heavy atom. The number of alkyl halides is 6. The third kappa shape index (κ3) is 7.79. The number of benzene rings is 2. The number of nitrogens with two attached hydrogens (primary N) is 1. The Kier molecular flexibility index (Phi) is 9.21. The van der Waals surface area contributed by atoms with Gasteiger partial charge < -0.3 is 16.0 Å². The molecule has 0 radical (unpaired) electrons. The number of amides is 3. The van der Waals surface area contributed by atoms with Crippen LogP contribution in [0.4, 0.5) is 36.4 Å². The first kappa shape index (κ1) is 30.6. The summed E-state index contributed by atoms with van der Waals surface area (Å²) < 4.78 is 91.8. The number of fused-ring (bicyclic) bond motifs is 1. The number of anilines is 1. The van der Waals surface area contributed by atoms with Crippen molar-refractivity contribution in [2.24, 2.45) is 22.6 Å². The van der Waals surface area contributed by atoms with Crippen LogP contribution in [-0.2, 0) is 14.4 Å². The molecule has 1 aliphatic heterocycles. The van der Waals surface area contributed by atoms with Crippen LogP contribution in [0.25, 0.3) is 0 Å². The monoisotopic (exact) mass is 574 g/mol. The first-order valence-corrected chi connectivity index (χ1v) is 12.0. The first-order chi connectivity index (χ1) is 18.6. The van der Waals surface area contributed by atoms with Gasteiger partial charge in [-0.05, 0) is 31.0 Å². The Balaban J connectivity index is 2.03. The lowest BCUT2D eigenvalue weighted by Crippen LogP contribution is -2.50. The number of likely N-dealkylation sites (N-methyl/N-ethyl adjacent to an activating group) is 1. The molecule has 0 bridgehead atoms. The second kappa shape index (κ2) is 12.0. The van der Waals surface area contributed by atoms with E-state index in [-0.39, 0.29) is 11.4 Å². The standard InChI is InChI=1S/C26H25F7N4O3/c1-37-19-13-15(27)7-8-18(19)20(14-5-3-2-4-6-14)35-22(24(37)40)36-23(39)17(10-12-26(31,32)33)16(21(34)38)9-11-25(28,29)30/h2-8,13,16-17,22H,9-12H2,1H3,(H2,34,38)(H,36,39)/t16?,17?,22-/m1/s1. The molecule has 14 heteroatoms. The Labute approximate surface area is 224 Å². The fraction of sp³-hybridized carbons (Fsp3) is 0.385. The van der Waals surface area contributed by atoms with Crippen LogP contribution in [0.2, 0.25) is 0 Å². The Morgan fingerprint density at radius 3 is 2.10 bits per heavy atom. The zero-order chi connectivity index (χ0) is 29.8. The molecule has 3 amide bonds. The van der Waals surface area contributed by atoms with Gasteiger partial charge in [0.15, 0.2) is 0 Å². The number of aliphatic imine (C=N–C) groups is 1. The minimum atomic E-state index is -4.80. The fourth-order valence-electron chi connectivity index (χ4n) is 4.40. The molecule has 3 atom stereocenters. The van der Waals surface area contributed by atoms with Gasteiger partial charge in [0.05, 0.1) is 11.4 Å². The van der Waals surface area contributed by atoms with Crippen LogP contribution >= 0.6 is 0 Å². The Bertz CT molecular complexity index is 1280. The topological polar surface area (TPSA) is 105 Å². The molecule has 3 N–H and O–H groups in total. The number of primary amides is 1. The molecule has 0 fully saturated rings. The van der Waals surface area contributed by atoms with E-state index >= 15 is 0 Å². The molecule has 0 aromatic heterocycles.